The van der Waals surface area contributed by atoms with Crippen LogP contribution in [0.2, 0.25) is 0 Å². The van der Waals surface area contributed by atoms with Gasteiger partial charge in [0.2, 0.25) is 0 Å². The van der Waals surface area contributed by atoms with Crippen molar-refractivity contribution in [2.75, 3.05) is 13.2 Å². The van der Waals surface area contributed by atoms with Gasteiger partial charge in [-0.3, -0.25) is 4.79 Å². The standard InChI is InChI=1S/C24H21F2N3O3/c25-18-8-9-20(26)17(12-18)11-16(15-30)14-27-24(31)22-13-21(23-7-4-10-32-23)28-29(22)19-5-2-1-3-6-19/h1-10,12-13,16,30H,11,14-15H2,(H,27,31). The molecule has 164 valence electrons. The Morgan fingerprint density at radius 3 is 2.62 bits per heavy atom. The molecule has 8 heteroatoms. The Hall–Kier alpha value is -3.78. The highest BCUT2D eigenvalue weighted by molar-refractivity contribution is 5.94. The predicted molar refractivity (Wildman–Crippen MR) is 114 cm³/mol. The topological polar surface area (TPSA) is 80.3 Å². The summed E-state index contributed by atoms with van der Waals surface area (Å²) < 4.78 is 34.3. The number of aromatic nitrogens is 2. The molecule has 6 nitrogen and oxygen atoms in total. The summed E-state index contributed by atoms with van der Waals surface area (Å²) in [5.41, 5.74) is 1.60. The molecule has 2 aromatic heterocycles. The van der Waals surface area contributed by atoms with E-state index in [1.807, 2.05) is 30.3 Å². The number of carbonyl (C=O) groups excluding carboxylic acids is 1. The zero-order valence-corrected chi connectivity index (χ0v) is 17.0. The van der Waals surface area contributed by atoms with E-state index < -0.39 is 23.5 Å². The van der Waals surface area contributed by atoms with Gasteiger partial charge in [-0.05, 0) is 54.4 Å². The largest absolute Gasteiger partial charge is 0.463 e. The third-order valence-corrected chi connectivity index (χ3v) is 5.04. The van der Waals surface area contributed by atoms with Crippen LogP contribution < -0.4 is 5.32 Å². The van der Waals surface area contributed by atoms with Crippen LogP contribution in [0.5, 0.6) is 0 Å². The maximum absolute atomic E-state index is 14.0. The second kappa shape index (κ2) is 9.57. The van der Waals surface area contributed by atoms with Crippen molar-refractivity contribution in [1.82, 2.24) is 15.1 Å². The van der Waals surface area contributed by atoms with E-state index in [1.165, 1.54) is 10.9 Å². The number of hydrogen-bond acceptors (Lipinski definition) is 4. The molecule has 1 atom stereocenters. The Kier molecular flexibility index (Phi) is 6.42. The summed E-state index contributed by atoms with van der Waals surface area (Å²) in [4.78, 5) is 13.0. The number of benzene rings is 2. The van der Waals surface area contributed by atoms with Crippen LogP contribution in [0.15, 0.2) is 77.4 Å². The highest BCUT2D eigenvalue weighted by Gasteiger charge is 2.20. The predicted octanol–water partition coefficient (Wildman–Crippen LogP) is 3.99. The summed E-state index contributed by atoms with van der Waals surface area (Å²) in [5.74, 6) is -1.51. The van der Waals surface area contributed by atoms with Gasteiger partial charge in [0.15, 0.2) is 5.76 Å². The molecule has 4 rings (SSSR count). The van der Waals surface area contributed by atoms with Gasteiger partial charge >= 0.3 is 0 Å². The average molecular weight is 437 g/mol. The van der Waals surface area contributed by atoms with E-state index in [4.69, 9.17) is 4.42 Å². The van der Waals surface area contributed by atoms with Gasteiger partial charge in [-0.1, -0.05) is 18.2 Å². The summed E-state index contributed by atoms with van der Waals surface area (Å²) in [6.45, 7) is -0.229. The van der Waals surface area contributed by atoms with Crippen LogP contribution in [0.25, 0.3) is 17.1 Å². The van der Waals surface area contributed by atoms with E-state index >= 15 is 0 Å². The minimum atomic E-state index is -0.556. The van der Waals surface area contributed by atoms with E-state index in [-0.39, 0.29) is 30.8 Å². The van der Waals surface area contributed by atoms with Gasteiger partial charge in [0.1, 0.15) is 23.0 Å². The molecule has 2 N–H and O–H groups in total. The van der Waals surface area contributed by atoms with Crippen molar-refractivity contribution in [2.24, 2.45) is 5.92 Å². The lowest BCUT2D eigenvalue weighted by molar-refractivity contribution is 0.0932. The van der Waals surface area contributed by atoms with Gasteiger partial charge in [0.25, 0.3) is 5.91 Å². The number of nitrogens with zero attached hydrogens (tertiary/aromatic N) is 2. The number of para-hydroxylation sites is 1. The van der Waals surface area contributed by atoms with Crippen molar-refractivity contribution in [3.63, 3.8) is 0 Å². The fourth-order valence-corrected chi connectivity index (χ4v) is 3.39. The van der Waals surface area contributed by atoms with E-state index in [9.17, 15) is 18.7 Å². The molecular formula is C24H21F2N3O3. The van der Waals surface area contributed by atoms with Gasteiger partial charge in [-0.2, -0.15) is 5.10 Å². The zero-order chi connectivity index (χ0) is 22.5. The van der Waals surface area contributed by atoms with E-state index in [2.05, 4.69) is 10.4 Å². The number of carbonyl (C=O) groups is 1. The monoisotopic (exact) mass is 437 g/mol. The minimum Gasteiger partial charge on any atom is -0.463 e. The quantitative estimate of drug-likeness (QED) is 0.437. The Balaban J connectivity index is 1.54. The Bertz CT molecular complexity index is 1190. The lowest BCUT2D eigenvalue weighted by atomic mass is 9.99. The zero-order valence-electron chi connectivity index (χ0n) is 17.0. The number of nitrogens with one attached hydrogen (secondary N) is 1. The molecule has 2 aromatic carbocycles. The van der Waals surface area contributed by atoms with Gasteiger partial charge in [0.05, 0.1) is 12.0 Å². The second-order valence-electron chi connectivity index (χ2n) is 7.34. The first-order valence-electron chi connectivity index (χ1n) is 10.1. The highest BCUT2D eigenvalue weighted by Crippen LogP contribution is 2.22. The number of rotatable bonds is 8. The Morgan fingerprint density at radius 1 is 1.09 bits per heavy atom. The summed E-state index contributed by atoms with van der Waals surface area (Å²) in [6, 6.07) is 17.4. The fourth-order valence-electron chi connectivity index (χ4n) is 3.39. The molecule has 0 aliphatic rings. The SMILES string of the molecule is O=C(NCC(CO)Cc1cc(F)ccc1F)c1cc(-c2ccco2)nn1-c1ccccc1. The molecule has 0 saturated carbocycles. The molecule has 0 saturated heterocycles. The third-order valence-electron chi connectivity index (χ3n) is 5.04. The second-order valence-corrected chi connectivity index (χ2v) is 7.34. The summed E-state index contributed by atoms with van der Waals surface area (Å²) in [6.07, 6.45) is 1.60. The van der Waals surface area contributed by atoms with Crippen LogP contribution in [0.3, 0.4) is 0 Å². The summed E-state index contributed by atoms with van der Waals surface area (Å²) >= 11 is 0. The van der Waals surface area contributed by atoms with Gasteiger partial charge < -0.3 is 14.8 Å². The molecule has 1 amide bonds. The molecule has 2 heterocycles. The number of aliphatic hydroxyl groups is 1. The third kappa shape index (κ3) is 4.76. The number of furan rings is 1. The van der Waals surface area contributed by atoms with Crippen molar-refractivity contribution in [3.05, 3.63) is 95.9 Å². The molecule has 0 fully saturated rings. The highest BCUT2D eigenvalue weighted by atomic mass is 19.1. The first-order chi connectivity index (χ1) is 15.5. The molecule has 4 aromatic rings. The summed E-state index contributed by atoms with van der Waals surface area (Å²) in [7, 11) is 0. The smallest absolute Gasteiger partial charge is 0.270 e. The number of hydrogen-bond donors (Lipinski definition) is 2. The molecule has 1 unspecified atom stereocenters. The molecule has 32 heavy (non-hydrogen) atoms. The van der Waals surface area contributed by atoms with Crippen LogP contribution >= 0.6 is 0 Å². The van der Waals surface area contributed by atoms with Crippen LogP contribution in [-0.4, -0.2) is 33.9 Å². The first kappa shape index (κ1) is 21.5. The molecule has 0 spiro atoms. The van der Waals surface area contributed by atoms with Gasteiger partial charge in [-0.25, -0.2) is 13.5 Å². The molecule has 0 aliphatic heterocycles. The molecule has 0 bridgehead atoms. The lowest BCUT2D eigenvalue weighted by Crippen LogP contribution is -2.33. The molecule has 0 radical (unpaired) electrons. The van der Waals surface area contributed by atoms with Crippen molar-refractivity contribution in [1.29, 1.82) is 0 Å². The fraction of sp³-hybridized carbons (Fsp3) is 0.167. The minimum absolute atomic E-state index is 0.0708. The maximum Gasteiger partial charge on any atom is 0.270 e. The van der Waals surface area contributed by atoms with Crippen LogP contribution in [-0.2, 0) is 6.42 Å². The van der Waals surface area contributed by atoms with Crippen molar-refractivity contribution in [3.8, 4) is 17.1 Å². The molecule has 0 aliphatic carbocycles. The van der Waals surface area contributed by atoms with Crippen LogP contribution in [0.4, 0.5) is 8.78 Å². The Morgan fingerprint density at radius 2 is 1.91 bits per heavy atom. The Labute approximate surface area is 183 Å². The number of halogens is 2. The number of aliphatic hydroxyl groups excluding tert-OH is 1. The van der Waals surface area contributed by atoms with E-state index in [1.54, 1.807) is 18.2 Å². The van der Waals surface area contributed by atoms with Crippen LogP contribution in [0, 0.1) is 17.6 Å². The van der Waals surface area contributed by atoms with Crippen molar-refractivity contribution < 1.29 is 23.1 Å². The summed E-state index contributed by atoms with van der Waals surface area (Å²) in [5, 5.41) is 17.0. The van der Waals surface area contributed by atoms with E-state index in [0.29, 0.717) is 17.1 Å². The van der Waals surface area contributed by atoms with Gasteiger partial charge in [0, 0.05) is 25.1 Å². The average Bonchev–Trinajstić information content (AvgIpc) is 3.49. The van der Waals surface area contributed by atoms with Gasteiger partial charge in [-0.15, -0.1) is 0 Å². The molecular weight excluding hydrogens is 416 g/mol. The number of amides is 1. The van der Waals surface area contributed by atoms with Crippen LogP contribution in [0.1, 0.15) is 16.1 Å². The lowest BCUT2D eigenvalue weighted by Gasteiger charge is -2.16. The van der Waals surface area contributed by atoms with Crippen molar-refractivity contribution in [2.45, 2.75) is 6.42 Å². The normalized spacial score (nSPS) is 12.0. The first-order valence-corrected chi connectivity index (χ1v) is 10.1. The maximum atomic E-state index is 14.0. The van der Waals surface area contributed by atoms with Crippen molar-refractivity contribution >= 4 is 5.91 Å². The van der Waals surface area contributed by atoms with E-state index in [0.717, 1.165) is 18.2 Å².